The predicted octanol–water partition coefficient (Wildman–Crippen LogP) is 2.00. The molecule has 2 rings (SSSR count). The minimum Gasteiger partial charge on any atom is -0.378 e. The Morgan fingerprint density at radius 3 is 2.79 bits per heavy atom. The lowest BCUT2D eigenvalue weighted by Crippen LogP contribution is -2.22. The highest BCUT2D eigenvalue weighted by Gasteiger charge is 2.52. The highest BCUT2D eigenvalue weighted by molar-refractivity contribution is 5.01. The molecule has 0 spiro atoms. The van der Waals surface area contributed by atoms with E-state index in [2.05, 4.69) is 25.8 Å². The molecule has 2 nitrogen and oxygen atoms in total. The van der Waals surface area contributed by atoms with Crippen LogP contribution in [0.5, 0.6) is 0 Å². The molecule has 0 radical (unpaired) electrons. The van der Waals surface area contributed by atoms with E-state index in [1.54, 1.807) is 0 Å². The van der Waals surface area contributed by atoms with E-state index in [9.17, 15) is 0 Å². The van der Waals surface area contributed by atoms with E-state index in [0.717, 1.165) is 24.4 Å². The summed E-state index contributed by atoms with van der Waals surface area (Å²) in [6.45, 7) is 8.02. The van der Waals surface area contributed by atoms with Crippen molar-refractivity contribution in [1.82, 2.24) is 4.90 Å². The average Bonchev–Trinajstić information content (AvgIpc) is 2.78. The molecule has 0 aromatic heterocycles. The molecular formula is C12H23NO. The molecule has 1 aliphatic carbocycles. The molecule has 1 heterocycles. The largest absolute Gasteiger partial charge is 0.378 e. The lowest BCUT2D eigenvalue weighted by atomic mass is 10.1. The molecule has 1 saturated heterocycles. The third-order valence-corrected chi connectivity index (χ3v) is 3.81. The van der Waals surface area contributed by atoms with Gasteiger partial charge in [-0.1, -0.05) is 6.92 Å². The minimum absolute atomic E-state index is 0.512. The normalized spacial score (nSPS) is 41.1. The van der Waals surface area contributed by atoms with E-state index in [1.165, 1.54) is 25.9 Å². The van der Waals surface area contributed by atoms with Gasteiger partial charge < -0.3 is 9.64 Å². The average molecular weight is 197 g/mol. The van der Waals surface area contributed by atoms with Gasteiger partial charge in [-0.2, -0.15) is 0 Å². The van der Waals surface area contributed by atoms with Crippen LogP contribution < -0.4 is 0 Å². The second-order valence-electron chi connectivity index (χ2n) is 5.13. The van der Waals surface area contributed by atoms with E-state index < -0.39 is 0 Å². The van der Waals surface area contributed by atoms with Gasteiger partial charge in [-0.05, 0) is 51.1 Å². The first-order valence-electron chi connectivity index (χ1n) is 6.02. The zero-order valence-electron chi connectivity index (χ0n) is 9.70. The van der Waals surface area contributed by atoms with Crippen LogP contribution in [0.3, 0.4) is 0 Å². The summed E-state index contributed by atoms with van der Waals surface area (Å²) >= 11 is 0. The Morgan fingerprint density at radius 1 is 1.36 bits per heavy atom. The van der Waals surface area contributed by atoms with Crippen LogP contribution in [0.2, 0.25) is 0 Å². The van der Waals surface area contributed by atoms with Crippen LogP contribution in [0.1, 0.15) is 26.7 Å². The van der Waals surface area contributed by atoms with Crippen molar-refractivity contribution in [1.29, 1.82) is 0 Å². The van der Waals surface area contributed by atoms with Crippen molar-refractivity contribution in [2.75, 3.05) is 26.7 Å². The Kier molecular flexibility index (Phi) is 3.13. The molecule has 0 aromatic carbocycles. The Morgan fingerprint density at radius 2 is 2.14 bits per heavy atom. The second-order valence-corrected chi connectivity index (χ2v) is 5.13. The Bertz CT molecular complexity index is 195. The summed E-state index contributed by atoms with van der Waals surface area (Å²) in [7, 11) is 2.25. The minimum atomic E-state index is 0.512. The van der Waals surface area contributed by atoms with Gasteiger partial charge in [-0.3, -0.25) is 0 Å². The van der Waals surface area contributed by atoms with E-state index in [0.29, 0.717) is 6.10 Å². The molecule has 2 aliphatic rings. The molecule has 0 aromatic rings. The molecule has 0 N–H and O–H groups in total. The summed E-state index contributed by atoms with van der Waals surface area (Å²) in [5, 5.41) is 0. The number of fused-ring (bicyclic) bond motifs is 1. The maximum absolute atomic E-state index is 5.68. The van der Waals surface area contributed by atoms with E-state index >= 15 is 0 Å². The fourth-order valence-corrected chi connectivity index (χ4v) is 2.95. The first-order chi connectivity index (χ1) is 6.72. The van der Waals surface area contributed by atoms with Gasteiger partial charge in [-0.25, -0.2) is 0 Å². The lowest BCUT2D eigenvalue weighted by molar-refractivity contribution is 0.0218. The summed E-state index contributed by atoms with van der Waals surface area (Å²) in [6, 6.07) is 0. The SMILES string of the molecule is CCCN(C)CC1C2CO[C@@H](C)CC21. The molecular weight excluding hydrogens is 174 g/mol. The van der Waals surface area contributed by atoms with E-state index in [-0.39, 0.29) is 0 Å². The molecule has 1 saturated carbocycles. The van der Waals surface area contributed by atoms with Crippen LogP contribution in [0.25, 0.3) is 0 Å². The number of rotatable bonds is 4. The van der Waals surface area contributed by atoms with Crippen molar-refractivity contribution in [3.63, 3.8) is 0 Å². The van der Waals surface area contributed by atoms with Crippen molar-refractivity contribution in [2.45, 2.75) is 32.8 Å². The van der Waals surface area contributed by atoms with Crippen LogP contribution in [0, 0.1) is 17.8 Å². The summed E-state index contributed by atoms with van der Waals surface area (Å²) in [5.74, 6) is 2.82. The van der Waals surface area contributed by atoms with Gasteiger partial charge in [0.25, 0.3) is 0 Å². The van der Waals surface area contributed by atoms with Crippen LogP contribution in [0.4, 0.5) is 0 Å². The van der Waals surface area contributed by atoms with Crippen molar-refractivity contribution >= 4 is 0 Å². The van der Waals surface area contributed by atoms with Gasteiger partial charge in [0.15, 0.2) is 0 Å². The molecule has 0 amide bonds. The first-order valence-corrected chi connectivity index (χ1v) is 6.02. The van der Waals surface area contributed by atoms with Crippen molar-refractivity contribution in [3.8, 4) is 0 Å². The number of hydrogen-bond donors (Lipinski definition) is 0. The summed E-state index contributed by atoms with van der Waals surface area (Å²) in [5.41, 5.74) is 0. The molecule has 0 bridgehead atoms. The fraction of sp³-hybridized carbons (Fsp3) is 1.00. The van der Waals surface area contributed by atoms with Gasteiger partial charge in [0, 0.05) is 6.54 Å². The smallest absolute Gasteiger partial charge is 0.0550 e. The van der Waals surface area contributed by atoms with Crippen LogP contribution in [-0.4, -0.2) is 37.7 Å². The zero-order valence-corrected chi connectivity index (χ0v) is 9.70. The number of hydrogen-bond acceptors (Lipinski definition) is 2. The zero-order chi connectivity index (χ0) is 10.1. The fourth-order valence-electron chi connectivity index (χ4n) is 2.95. The monoisotopic (exact) mass is 197 g/mol. The summed E-state index contributed by atoms with van der Waals surface area (Å²) < 4.78 is 5.68. The maximum Gasteiger partial charge on any atom is 0.0550 e. The molecule has 2 heteroatoms. The topological polar surface area (TPSA) is 12.5 Å². The van der Waals surface area contributed by atoms with E-state index in [4.69, 9.17) is 4.74 Å². The third kappa shape index (κ3) is 2.12. The Balaban J connectivity index is 1.74. The van der Waals surface area contributed by atoms with Crippen molar-refractivity contribution < 1.29 is 4.74 Å². The van der Waals surface area contributed by atoms with Crippen LogP contribution in [0.15, 0.2) is 0 Å². The second kappa shape index (κ2) is 4.19. The molecule has 4 atom stereocenters. The van der Waals surface area contributed by atoms with Crippen LogP contribution in [-0.2, 0) is 4.74 Å². The standard InChI is InChI=1S/C12H23NO/c1-4-5-13(3)7-11-10-6-9(2)14-8-12(10)11/h9-12H,4-8H2,1-3H3/t9-,10?,11?,12?/m0/s1. The highest BCUT2D eigenvalue weighted by Crippen LogP contribution is 2.52. The summed E-state index contributed by atoms with van der Waals surface area (Å²) in [6.07, 6.45) is 3.08. The van der Waals surface area contributed by atoms with Crippen molar-refractivity contribution in [3.05, 3.63) is 0 Å². The lowest BCUT2D eigenvalue weighted by Gasteiger charge is -2.16. The van der Waals surface area contributed by atoms with Gasteiger partial charge in [0.05, 0.1) is 12.7 Å². The van der Waals surface area contributed by atoms with Gasteiger partial charge in [-0.15, -0.1) is 0 Å². The maximum atomic E-state index is 5.68. The predicted molar refractivity (Wildman–Crippen MR) is 58.3 cm³/mol. The molecule has 3 unspecified atom stereocenters. The molecule has 2 fully saturated rings. The molecule has 82 valence electrons. The molecule has 1 aliphatic heterocycles. The number of ether oxygens (including phenoxy) is 1. The first kappa shape index (κ1) is 10.4. The number of nitrogens with zero attached hydrogens (tertiary/aromatic N) is 1. The van der Waals surface area contributed by atoms with Gasteiger partial charge in [0.2, 0.25) is 0 Å². The quantitative estimate of drug-likeness (QED) is 0.683. The van der Waals surface area contributed by atoms with Gasteiger partial charge >= 0.3 is 0 Å². The summed E-state index contributed by atoms with van der Waals surface area (Å²) in [4.78, 5) is 2.48. The van der Waals surface area contributed by atoms with E-state index in [1.807, 2.05) is 0 Å². The Hall–Kier alpha value is -0.0800. The highest BCUT2D eigenvalue weighted by atomic mass is 16.5. The molecule has 14 heavy (non-hydrogen) atoms. The third-order valence-electron chi connectivity index (χ3n) is 3.81. The van der Waals surface area contributed by atoms with Gasteiger partial charge in [0.1, 0.15) is 0 Å². The Labute approximate surface area is 87.6 Å². The van der Waals surface area contributed by atoms with Crippen molar-refractivity contribution in [2.24, 2.45) is 17.8 Å². The van der Waals surface area contributed by atoms with Crippen LogP contribution >= 0.6 is 0 Å².